The van der Waals surface area contributed by atoms with Gasteiger partial charge in [-0.15, -0.1) is 0 Å². The van der Waals surface area contributed by atoms with Crippen LogP contribution in [0.5, 0.6) is 0 Å². The van der Waals surface area contributed by atoms with Crippen molar-refractivity contribution in [3.63, 3.8) is 0 Å². The molecule has 5 heteroatoms. The van der Waals surface area contributed by atoms with Crippen molar-refractivity contribution in [2.24, 2.45) is 0 Å². The van der Waals surface area contributed by atoms with Gasteiger partial charge in [0.15, 0.2) is 0 Å². The molecular weight excluding hydrogens is 252 g/mol. The minimum absolute atomic E-state index is 0.0780. The van der Waals surface area contributed by atoms with Crippen LogP contribution in [0.25, 0.3) is 11.0 Å². The van der Waals surface area contributed by atoms with E-state index in [4.69, 9.17) is 0 Å². The molecule has 5 nitrogen and oxygen atoms in total. The smallest absolute Gasteiger partial charge is 0.224 e. The Morgan fingerprint density at radius 3 is 3.20 bits per heavy atom. The van der Waals surface area contributed by atoms with Crippen molar-refractivity contribution >= 4 is 22.6 Å². The molecule has 0 aliphatic carbocycles. The molecule has 1 fully saturated rings. The van der Waals surface area contributed by atoms with Gasteiger partial charge in [-0.2, -0.15) is 0 Å². The summed E-state index contributed by atoms with van der Waals surface area (Å²) in [4.78, 5) is 19.5. The van der Waals surface area contributed by atoms with Crippen LogP contribution >= 0.6 is 0 Å². The second kappa shape index (κ2) is 5.63. The lowest BCUT2D eigenvalue weighted by Gasteiger charge is -2.10. The van der Waals surface area contributed by atoms with Gasteiger partial charge in [0, 0.05) is 18.2 Å². The van der Waals surface area contributed by atoms with Crippen LogP contribution in [0.4, 0.5) is 5.69 Å². The van der Waals surface area contributed by atoms with Gasteiger partial charge in [0.1, 0.15) is 5.82 Å². The number of nitrogens with zero attached hydrogens (tertiary/aromatic N) is 1. The number of anilines is 1. The van der Waals surface area contributed by atoms with Crippen molar-refractivity contribution in [2.75, 3.05) is 11.9 Å². The maximum atomic E-state index is 11.9. The summed E-state index contributed by atoms with van der Waals surface area (Å²) < 4.78 is 0. The molecule has 2 heterocycles. The van der Waals surface area contributed by atoms with Crippen LogP contribution in [0.15, 0.2) is 18.2 Å². The topological polar surface area (TPSA) is 69.8 Å². The number of aromatic nitrogens is 2. The zero-order valence-corrected chi connectivity index (χ0v) is 11.7. The normalized spacial score (nSPS) is 18.6. The predicted octanol–water partition coefficient (Wildman–Crippen LogP) is 2.34. The van der Waals surface area contributed by atoms with Crippen LogP contribution in [-0.2, 0) is 4.79 Å². The molecule has 1 aliphatic heterocycles. The number of aromatic amines is 1. The van der Waals surface area contributed by atoms with E-state index in [1.54, 1.807) is 0 Å². The summed E-state index contributed by atoms with van der Waals surface area (Å²) in [5, 5.41) is 6.36. The Labute approximate surface area is 118 Å². The van der Waals surface area contributed by atoms with Crippen molar-refractivity contribution in [1.29, 1.82) is 0 Å². The van der Waals surface area contributed by atoms with Crippen LogP contribution < -0.4 is 10.6 Å². The lowest BCUT2D eigenvalue weighted by atomic mass is 10.1. The quantitative estimate of drug-likeness (QED) is 0.800. The van der Waals surface area contributed by atoms with Gasteiger partial charge in [-0.25, -0.2) is 4.98 Å². The molecule has 106 valence electrons. The summed E-state index contributed by atoms with van der Waals surface area (Å²) in [7, 11) is 0. The number of imidazole rings is 1. The summed E-state index contributed by atoms with van der Waals surface area (Å²) >= 11 is 0. The second-order valence-corrected chi connectivity index (χ2v) is 5.43. The first-order chi connectivity index (χ1) is 9.70. The summed E-state index contributed by atoms with van der Waals surface area (Å²) in [6.45, 7) is 3.01. The Hall–Kier alpha value is -1.88. The number of hydrogen-bond donors (Lipinski definition) is 3. The third-order valence-corrected chi connectivity index (χ3v) is 3.77. The molecule has 1 atom stereocenters. The molecule has 1 aromatic carbocycles. The first-order valence-electron chi connectivity index (χ1n) is 7.20. The minimum atomic E-state index is 0.0780. The molecule has 0 bridgehead atoms. The second-order valence-electron chi connectivity index (χ2n) is 5.43. The Balaban J connectivity index is 1.58. The summed E-state index contributed by atoms with van der Waals surface area (Å²) in [5.74, 6) is 0.963. The van der Waals surface area contributed by atoms with Gasteiger partial charge in [0.2, 0.25) is 5.91 Å². The van der Waals surface area contributed by atoms with Crippen LogP contribution in [-0.4, -0.2) is 28.5 Å². The van der Waals surface area contributed by atoms with Crippen LogP contribution in [0.3, 0.4) is 0 Å². The zero-order valence-electron chi connectivity index (χ0n) is 11.7. The lowest BCUT2D eigenvalue weighted by molar-refractivity contribution is -0.116. The maximum Gasteiger partial charge on any atom is 0.224 e. The molecule has 0 radical (unpaired) electrons. The van der Waals surface area contributed by atoms with Gasteiger partial charge in [0.25, 0.3) is 0 Å². The monoisotopic (exact) mass is 272 g/mol. The van der Waals surface area contributed by atoms with Gasteiger partial charge < -0.3 is 15.6 Å². The number of carbonyl (C=O) groups excluding carboxylic acids is 1. The molecule has 2 aromatic rings. The fourth-order valence-corrected chi connectivity index (χ4v) is 2.75. The number of fused-ring (bicyclic) bond motifs is 1. The van der Waals surface area contributed by atoms with E-state index in [0.29, 0.717) is 12.5 Å². The van der Waals surface area contributed by atoms with Crippen molar-refractivity contribution in [3.05, 3.63) is 24.0 Å². The average molecular weight is 272 g/mol. The highest BCUT2D eigenvalue weighted by molar-refractivity contribution is 5.93. The number of benzene rings is 1. The number of hydrogen-bond acceptors (Lipinski definition) is 3. The molecule has 20 heavy (non-hydrogen) atoms. The van der Waals surface area contributed by atoms with E-state index < -0.39 is 0 Å². The summed E-state index contributed by atoms with van der Waals surface area (Å²) in [6, 6.07) is 6.26. The van der Waals surface area contributed by atoms with Gasteiger partial charge in [-0.1, -0.05) is 0 Å². The van der Waals surface area contributed by atoms with Crippen molar-refractivity contribution in [3.8, 4) is 0 Å². The van der Waals surface area contributed by atoms with Gasteiger partial charge in [-0.3, -0.25) is 4.79 Å². The van der Waals surface area contributed by atoms with Crippen molar-refractivity contribution in [1.82, 2.24) is 15.3 Å². The van der Waals surface area contributed by atoms with E-state index in [2.05, 4.69) is 20.6 Å². The van der Waals surface area contributed by atoms with Crippen molar-refractivity contribution < 1.29 is 4.79 Å². The predicted molar refractivity (Wildman–Crippen MR) is 79.7 cm³/mol. The fraction of sp³-hybridized carbons (Fsp3) is 0.467. The van der Waals surface area contributed by atoms with Gasteiger partial charge in [0.05, 0.1) is 11.0 Å². The highest BCUT2D eigenvalue weighted by Crippen LogP contribution is 2.18. The third-order valence-electron chi connectivity index (χ3n) is 3.77. The zero-order chi connectivity index (χ0) is 13.9. The Bertz CT molecular complexity index is 613. The van der Waals surface area contributed by atoms with Crippen LogP contribution in [0.2, 0.25) is 0 Å². The number of amides is 1. The lowest BCUT2D eigenvalue weighted by Crippen LogP contribution is -2.23. The van der Waals surface area contributed by atoms with E-state index in [1.807, 2.05) is 25.1 Å². The highest BCUT2D eigenvalue weighted by atomic mass is 16.1. The van der Waals surface area contributed by atoms with E-state index in [0.717, 1.165) is 35.5 Å². The highest BCUT2D eigenvalue weighted by Gasteiger charge is 2.15. The SMILES string of the molecule is Cc1nc2ccc(NC(=O)CCC3CCCN3)cc2[nH]1. The van der Waals surface area contributed by atoms with E-state index >= 15 is 0 Å². The average Bonchev–Trinajstić information content (AvgIpc) is 3.04. The van der Waals surface area contributed by atoms with Crippen LogP contribution in [0, 0.1) is 6.92 Å². The van der Waals surface area contributed by atoms with Gasteiger partial charge >= 0.3 is 0 Å². The van der Waals surface area contributed by atoms with Gasteiger partial charge in [-0.05, 0) is 50.9 Å². The molecule has 3 N–H and O–H groups in total. The third kappa shape index (κ3) is 2.99. The standard InChI is InChI=1S/C15H20N4O/c1-10-17-13-6-4-12(9-14(13)18-10)19-15(20)7-5-11-3-2-8-16-11/h4,6,9,11,16H,2-3,5,7-8H2,1H3,(H,17,18)(H,19,20). The van der Waals surface area contributed by atoms with Crippen LogP contribution in [0.1, 0.15) is 31.5 Å². The molecule has 1 aromatic heterocycles. The first kappa shape index (κ1) is 13.1. The number of rotatable bonds is 4. The minimum Gasteiger partial charge on any atom is -0.342 e. The van der Waals surface area contributed by atoms with Crippen molar-refractivity contribution in [2.45, 2.75) is 38.6 Å². The van der Waals surface area contributed by atoms with E-state index in [9.17, 15) is 4.79 Å². The Morgan fingerprint density at radius 2 is 2.40 bits per heavy atom. The molecule has 1 amide bonds. The Morgan fingerprint density at radius 1 is 1.50 bits per heavy atom. The maximum absolute atomic E-state index is 11.9. The molecular formula is C15H20N4O. The summed E-state index contributed by atoms with van der Waals surface area (Å²) in [6.07, 6.45) is 3.89. The molecule has 1 saturated heterocycles. The molecule has 1 unspecified atom stereocenters. The first-order valence-corrected chi connectivity index (χ1v) is 7.20. The molecule has 0 spiro atoms. The Kier molecular flexibility index (Phi) is 3.69. The van der Waals surface area contributed by atoms with E-state index in [1.165, 1.54) is 12.8 Å². The number of H-pyrrole nitrogens is 1. The van der Waals surface area contributed by atoms with E-state index in [-0.39, 0.29) is 5.91 Å². The fourth-order valence-electron chi connectivity index (χ4n) is 2.75. The number of aryl methyl sites for hydroxylation is 1. The molecule has 0 saturated carbocycles. The molecule has 3 rings (SSSR count). The largest absolute Gasteiger partial charge is 0.342 e. The number of nitrogens with one attached hydrogen (secondary N) is 3. The molecule has 1 aliphatic rings. The summed E-state index contributed by atoms with van der Waals surface area (Å²) in [5.41, 5.74) is 2.71. The number of carbonyl (C=O) groups is 1.